The molecule has 0 aromatic carbocycles. The predicted molar refractivity (Wildman–Crippen MR) is 72.4 cm³/mol. The Balaban J connectivity index is 1.89. The molecule has 1 aromatic rings. The van der Waals surface area contributed by atoms with Crippen LogP contribution in [0.4, 0.5) is 0 Å². The van der Waals surface area contributed by atoms with E-state index < -0.39 is 5.60 Å². The molecule has 102 valence electrons. The maximum atomic E-state index is 10.1. The van der Waals surface area contributed by atoms with Gasteiger partial charge < -0.3 is 15.4 Å². The van der Waals surface area contributed by atoms with Crippen LogP contribution >= 0.6 is 0 Å². The minimum absolute atomic E-state index is 0.353. The van der Waals surface area contributed by atoms with Crippen LogP contribution in [0, 0.1) is 0 Å². The average Bonchev–Trinajstić information content (AvgIpc) is 2.82. The van der Waals surface area contributed by atoms with Gasteiger partial charge in [-0.1, -0.05) is 6.92 Å². The van der Waals surface area contributed by atoms with Crippen LogP contribution in [0.15, 0.2) is 6.33 Å². The largest absolute Gasteiger partial charge is 0.389 e. The Kier molecular flexibility index (Phi) is 4.40. The van der Waals surface area contributed by atoms with Gasteiger partial charge in [-0.3, -0.25) is 0 Å². The maximum absolute atomic E-state index is 10.1. The van der Waals surface area contributed by atoms with E-state index in [9.17, 15) is 5.11 Å². The van der Waals surface area contributed by atoms with E-state index in [1.165, 1.54) is 24.2 Å². The Morgan fingerprint density at radius 3 is 2.94 bits per heavy atom. The van der Waals surface area contributed by atoms with E-state index in [1.807, 2.05) is 13.3 Å². The molecule has 18 heavy (non-hydrogen) atoms. The average molecular weight is 251 g/mol. The first-order valence-electron chi connectivity index (χ1n) is 7.14. The lowest BCUT2D eigenvalue weighted by Crippen LogP contribution is -2.37. The van der Waals surface area contributed by atoms with E-state index >= 15 is 0 Å². The minimum atomic E-state index is -0.680. The Hall–Kier alpha value is -0.870. The molecule has 0 amide bonds. The van der Waals surface area contributed by atoms with Crippen molar-refractivity contribution < 1.29 is 5.11 Å². The van der Waals surface area contributed by atoms with Crippen molar-refractivity contribution in [1.82, 2.24) is 9.55 Å². The fraction of sp³-hybridized carbons (Fsp3) is 0.786. The molecule has 3 N–H and O–H groups in total. The third-order valence-corrected chi connectivity index (χ3v) is 4.19. The molecule has 0 radical (unpaired) electrons. The number of rotatable bonds is 6. The van der Waals surface area contributed by atoms with E-state index in [4.69, 9.17) is 5.73 Å². The second-order valence-corrected chi connectivity index (χ2v) is 5.42. The summed E-state index contributed by atoms with van der Waals surface area (Å²) in [6.45, 7) is 3.29. The van der Waals surface area contributed by atoms with Crippen molar-refractivity contribution in [3.05, 3.63) is 17.7 Å². The molecule has 0 spiro atoms. The van der Waals surface area contributed by atoms with Gasteiger partial charge >= 0.3 is 0 Å². The zero-order valence-corrected chi connectivity index (χ0v) is 11.4. The highest BCUT2D eigenvalue weighted by Gasteiger charge is 2.22. The summed E-state index contributed by atoms with van der Waals surface area (Å²) in [4.78, 5) is 4.49. The summed E-state index contributed by atoms with van der Waals surface area (Å²) in [5, 5.41) is 10.1. The molecule has 4 nitrogen and oxygen atoms in total. The quantitative estimate of drug-likeness (QED) is 0.808. The van der Waals surface area contributed by atoms with Crippen molar-refractivity contribution in [2.24, 2.45) is 5.73 Å². The number of nitrogens with zero attached hydrogens (tertiary/aromatic N) is 2. The molecule has 1 unspecified atom stereocenters. The smallest absolute Gasteiger partial charge is 0.0951 e. The van der Waals surface area contributed by atoms with Crippen molar-refractivity contribution in [3.63, 3.8) is 0 Å². The fourth-order valence-electron chi connectivity index (χ4n) is 2.73. The lowest BCUT2D eigenvalue weighted by molar-refractivity contribution is 0.0333. The van der Waals surface area contributed by atoms with E-state index in [0.717, 1.165) is 38.6 Å². The standard InChI is InChI=1S/C14H25N3O/c1-2-14(18,10-15)8-5-9-17-11-16-12-6-3-4-7-13(12)17/h11,18H,2-10,15H2,1H3. The van der Waals surface area contributed by atoms with E-state index in [-0.39, 0.29) is 0 Å². The normalized spacial score (nSPS) is 18.4. The molecule has 1 aliphatic rings. The Bertz CT molecular complexity index is 382. The Morgan fingerprint density at radius 2 is 2.22 bits per heavy atom. The van der Waals surface area contributed by atoms with E-state index in [0.29, 0.717) is 6.54 Å². The second kappa shape index (κ2) is 5.85. The summed E-state index contributed by atoms with van der Waals surface area (Å²) < 4.78 is 2.26. The van der Waals surface area contributed by atoms with Crippen molar-refractivity contribution in [1.29, 1.82) is 0 Å². The summed E-state index contributed by atoms with van der Waals surface area (Å²) >= 11 is 0. The van der Waals surface area contributed by atoms with Gasteiger partial charge in [-0.15, -0.1) is 0 Å². The van der Waals surface area contributed by atoms with Crippen LogP contribution in [-0.4, -0.2) is 26.8 Å². The van der Waals surface area contributed by atoms with Crippen LogP contribution in [0.5, 0.6) is 0 Å². The molecule has 1 aromatic heterocycles. The zero-order valence-electron chi connectivity index (χ0n) is 11.4. The van der Waals surface area contributed by atoms with Gasteiger partial charge in [-0.2, -0.15) is 0 Å². The molecule has 0 saturated heterocycles. The van der Waals surface area contributed by atoms with Crippen molar-refractivity contribution >= 4 is 0 Å². The molecule has 2 rings (SSSR count). The summed E-state index contributed by atoms with van der Waals surface area (Å²) in [6.07, 6.45) is 9.26. The SMILES string of the molecule is CCC(O)(CN)CCCn1cnc2c1CCCC2. The van der Waals surface area contributed by atoms with Gasteiger partial charge in [0, 0.05) is 18.8 Å². The topological polar surface area (TPSA) is 64.1 Å². The monoisotopic (exact) mass is 251 g/mol. The number of hydrogen-bond acceptors (Lipinski definition) is 3. The Labute approximate surface area is 109 Å². The van der Waals surface area contributed by atoms with Crippen LogP contribution in [0.1, 0.15) is 50.4 Å². The number of aromatic nitrogens is 2. The predicted octanol–water partition coefficient (Wildman–Crippen LogP) is 1.64. The molecule has 0 fully saturated rings. The summed E-state index contributed by atoms with van der Waals surface area (Å²) in [6, 6.07) is 0. The number of nitrogens with two attached hydrogens (primary N) is 1. The Morgan fingerprint density at radius 1 is 1.44 bits per heavy atom. The third-order valence-electron chi connectivity index (χ3n) is 4.19. The summed E-state index contributed by atoms with van der Waals surface area (Å²) in [5.41, 5.74) is 7.63. The molecule has 0 bridgehead atoms. The molecular formula is C14H25N3O. The third kappa shape index (κ3) is 2.93. The van der Waals surface area contributed by atoms with Gasteiger partial charge in [0.2, 0.25) is 0 Å². The molecule has 1 heterocycles. The first-order chi connectivity index (χ1) is 8.68. The molecular weight excluding hydrogens is 226 g/mol. The zero-order chi connectivity index (χ0) is 13.0. The number of aryl methyl sites for hydroxylation is 2. The van der Waals surface area contributed by atoms with Gasteiger partial charge in [0.15, 0.2) is 0 Å². The van der Waals surface area contributed by atoms with Gasteiger partial charge in [0.05, 0.1) is 17.6 Å². The minimum Gasteiger partial charge on any atom is -0.389 e. The number of hydrogen-bond donors (Lipinski definition) is 2. The molecule has 4 heteroatoms. The highest BCUT2D eigenvalue weighted by molar-refractivity contribution is 5.16. The van der Waals surface area contributed by atoms with Gasteiger partial charge in [0.1, 0.15) is 0 Å². The van der Waals surface area contributed by atoms with Gasteiger partial charge in [-0.05, 0) is 44.9 Å². The first kappa shape index (κ1) is 13.6. The second-order valence-electron chi connectivity index (χ2n) is 5.42. The van der Waals surface area contributed by atoms with Gasteiger partial charge in [0.25, 0.3) is 0 Å². The summed E-state index contributed by atoms with van der Waals surface area (Å²) in [5.74, 6) is 0. The van der Waals surface area contributed by atoms with Crippen LogP contribution < -0.4 is 5.73 Å². The molecule has 1 aliphatic carbocycles. The fourth-order valence-corrected chi connectivity index (χ4v) is 2.73. The van der Waals surface area contributed by atoms with Crippen LogP contribution in [0.25, 0.3) is 0 Å². The number of aliphatic hydroxyl groups is 1. The van der Waals surface area contributed by atoms with E-state index in [1.54, 1.807) is 0 Å². The lowest BCUT2D eigenvalue weighted by Gasteiger charge is -2.25. The maximum Gasteiger partial charge on any atom is 0.0951 e. The number of imidazole rings is 1. The molecule has 0 aliphatic heterocycles. The van der Waals surface area contributed by atoms with Crippen LogP contribution in [-0.2, 0) is 19.4 Å². The van der Waals surface area contributed by atoms with E-state index in [2.05, 4.69) is 9.55 Å². The van der Waals surface area contributed by atoms with Crippen molar-refractivity contribution in [2.75, 3.05) is 6.54 Å². The highest BCUT2D eigenvalue weighted by Crippen LogP contribution is 2.21. The number of fused-ring (bicyclic) bond motifs is 1. The molecule has 0 saturated carbocycles. The molecule has 1 atom stereocenters. The first-order valence-corrected chi connectivity index (χ1v) is 7.14. The lowest BCUT2D eigenvalue weighted by atomic mass is 9.95. The van der Waals surface area contributed by atoms with Crippen LogP contribution in [0.3, 0.4) is 0 Å². The summed E-state index contributed by atoms with van der Waals surface area (Å²) in [7, 11) is 0. The van der Waals surface area contributed by atoms with Crippen molar-refractivity contribution in [2.45, 2.75) is 64.0 Å². The van der Waals surface area contributed by atoms with Gasteiger partial charge in [-0.25, -0.2) is 4.98 Å². The highest BCUT2D eigenvalue weighted by atomic mass is 16.3. The van der Waals surface area contributed by atoms with Crippen LogP contribution in [0.2, 0.25) is 0 Å². The van der Waals surface area contributed by atoms with Crippen molar-refractivity contribution in [3.8, 4) is 0 Å².